The molecular formula is C17H26FN3. The molecule has 2 fully saturated rings. The topological polar surface area (TPSA) is 32.5 Å². The van der Waals surface area contributed by atoms with Crippen LogP contribution in [-0.4, -0.2) is 43.7 Å². The summed E-state index contributed by atoms with van der Waals surface area (Å²) in [5.41, 5.74) is 7.89. The minimum atomic E-state index is -0.160. The van der Waals surface area contributed by atoms with Crippen molar-refractivity contribution in [2.75, 3.05) is 37.6 Å². The highest BCUT2D eigenvalue weighted by atomic mass is 19.1. The van der Waals surface area contributed by atoms with Crippen LogP contribution in [0.15, 0.2) is 18.2 Å². The van der Waals surface area contributed by atoms with Gasteiger partial charge in [-0.15, -0.1) is 0 Å². The molecule has 0 unspecified atom stereocenters. The number of hydrogen-bond acceptors (Lipinski definition) is 3. The fraction of sp³-hybridized carbons (Fsp3) is 0.647. The second-order valence-corrected chi connectivity index (χ2v) is 6.27. The van der Waals surface area contributed by atoms with Gasteiger partial charge in [0.25, 0.3) is 0 Å². The van der Waals surface area contributed by atoms with Crippen LogP contribution in [0, 0.1) is 5.82 Å². The van der Waals surface area contributed by atoms with Crippen LogP contribution < -0.4 is 10.6 Å². The van der Waals surface area contributed by atoms with Crippen molar-refractivity contribution in [2.24, 2.45) is 5.73 Å². The maximum atomic E-state index is 13.4. The second kappa shape index (κ2) is 6.75. The molecule has 2 N–H and O–H groups in total. The Labute approximate surface area is 126 Å². The van der Waals surface area contributed by atoms with Crippen molar-refractivity contribution in [2.45, 2.75) is 38.1 Å². The Morgan fingerprint density at radius 3 is 2.48 bits per heavy atom. The normalized spacial score (nSPS) is 21.1. The Bertz CT molecular complexity index is 463. The van der Waals surface area contributed by atoms with E-state index in [1.54, 1.807) is 12.1 Å². The lowest BCUT2D eigenvalue weighted by Gasteiger charge is -2.39. The molecule has 4 heteroatoms. The first kappa shape index (κ1) is 14.8. The third-order valence-corrected chi connectivity index (χ3v) is 4.95. The average Bonchev–Trinajstić information content (AvgIpc) is 3.02. The number of hydrogen-bond donors (Lipinski definition) is 1. The number of halogens is 1. The van der Waals surface area contributed by atoms with E-state index >= 15 is 0 Å². The molecular weight excluding hydrogens is 265 g/mol. The first-order chi connectivity index (χ1) is 10.3. The molecule has 0 radical (unpaired) electrons. The summed E-state index contributed by atoms with van der Waals surface area (Å²) < 4.78 is 13.4. The maximum Gasteiger partial charge on any atom is 0.123 e. The van der Waals surface area contributed by atoms with Crippen molar-refractivity contribution in [3.05, 3.63) is 29.6 Å². The molecule has 3 rings (SSSR count). The number of nitrogens with two attached hydrogens (primary N) is 1. The zero-order valence-electron chi connectivity index (χ0n) is 12.7. The molecule has 1 saturated carbocycles. The Kier molecular flexibility index (Phi) is 4.76. The number of piperazine rings is 1. The highest BCUT2D eigenvalue weighted by Gasteiger charge is 2.26. The lowest BCUT2D eigenvalue weighted by molar-refractivity contribution is 0.187. The monoisotopic (exact) mass is 291 g/mol. The number of rotatable bonds is 4. The molecule has 1 heterocycles. The van der Waals surface area contributed by atoms with Gasteiger partial charge >= 0.3 is 0 Å². The maximum absolute atomic E-state index is 13.4. The van der Waals surface area contributed by atoms with Gasteiger partial charge < -0.3 is 10.6 Å². The minimum Gasteiger partial charge on any atom is -0.369 e. The summed E-state index contributed by atoms with van der Waals surface area (Å²) in [6, 6.07) is 5.94. The molecule has 3 nitrogen and oxygen atoms in total. The van der Waals surface area contributed by atoms with E-state index in [0.29, 0.717) is 6.54 Å². The van der Waals surface area contributed by atoms with Crippen LogP contribution in [0.5, 0.6) is 0 Å². The highest BCUT2D eigenvalue weighted by Crippen LogP contribution is 2.27. The van der Waals surface area contributed by atoms with Gasteiger partial charge in [0.1, 0.15) is 5.82 Å². The van der Waals surface area contributed by atoms with E-state index < -0.39 is 0 Å². The first-order valence-corrected chi connectivity index (χ1v) is 8.25. The molecule has 1 saturated heterocycles. The van der Waals surface area contributed by atoms with Crippen molar-refractivity contribution in [1.29, 1.82) is 0 Å². The van der Waals surface area contributed by atoms with Crippen LogP contribution >= 0.6 is 0 Å². The van der Waals surface area contributed by atoms with Crippen molar-refractivity contribution in [1.82, 2.24) is 4.90 Å². The van der Waals surface area contributed by atoms with Crippen LogP contribution in [0.1, 0.15) is 31.2 Å². The molecule has 0 aromatic heterocycles. The molecule has 0 atom stereocenters. The van der Waals surface area contributed by atoms with Crippen LogP contribution in [0.4, 0.5) is 10.1 Å². The van der Waals surface area contributed by atoms with E-state index in [-0.39, 0.29) is 5.82 Å². The van der Waals surface area contributed by atoms with Gasteiger partial charge in [-0.25, -0.2) is 4.39 Å². The summed E-state index contributed by atoms with van der Waals surface area (Å²) in [7, 11) is 0. The fourth-order valence-electron chi connectivity index (χ4n) is 3.82. The number of benzene rings is 1. The summed E-state index contributed by atoms with van der Waals surface area (Å²) in [6.07, 6.45) is 6.27. The van der Waals surface area contributed by atoms with E-state index in [1.165, 1.54) is 31.4 Å². The Balaban J connectivity index is 1.66. The zero-order valence-corrected chi connectivity index (χ0v) is 12.7. The third kappa shape index (κ3) is 3.38. The standard InChI is InChI=1S/C17H26FN3/c18-15-5-6-17(14(13-15)7-8-19)21-11-9-20(10-12-21)16-3-1-2-4-16/h5-6,13,16H,1-4,7-12,19H2. The van der Waals surface area contributed by atoms with Crippen LogP contribution in [-0.2, 0) is 6.42 Å². The lowest BCUT2D eigenvalue weighted by atomic mass is 10.1. The molecule has 1 aliphatic carbocycles. The van der Waals surface area contributed by atoms with E-state index in [4.69, 9.17) is 5.73 Å². The van der Waals surface area contributed by atoms with E-state index in [9.17, 15) is 4.39 Å². The zero-order chi connectivity index (χ0) is 14.7. The van der Waals surface area contributed by atoms with Gasteiger partial charge in [0.15, 0.2) is 0 Å². The average molecular weight is 291 g/mol. The third-order valence-electron chi connectivity index (χ3n) is 4.95. The molecule has 1 aromatic carbocycles. The molecule has 0 bridgehead atoms. The summed E-state index contributed by atoms with van der Waals surface area (Å²) in [6.45, 7) is 4.91. The van der Waals surface area contributed by atoms with Gasteiger partial charge in [0.2, 0.25) is 0 Å². The molecule has 2 aliphatic rings. The molecule has 21 heavy (non-hydrogen) atoms. The van der Waals surface area contributed by atoms with Gasteiger partial charge in [0, 0.05) is 37.9 Å². The minimum absolute atomic E-state index is 0.160. The Morgan fingerprint density at radius 2 is 1.81 bits per heavy atom. The van der Waals surface area contributed by atoms with E-state index in [2.05, 4.69) is 9.80 Å². The van der Waals surface area contributed by atoms with Crippen molar-refractivity contribution < 1.29 is 4.39 Å². The van der Waals surface area contributed by atoms with Gasteiger partial charge in [-0.05, 0) is 49.6 Å². The van der Waals surface area contributed by atoms with Crippen LogP contribution in [0.3, 0.4) is 0 Å². The summed E-state index contributed by atoms with van der Waals surface area (Å²) in [5, 5.41) is 0. The second-order valence-electron chi connectivity index (χ2n) is 6.27. The SMILES string of the molecule is NCCc1cc(F)ccc1N1CCN(C2CCCC2)CC1. The Morgan fingerprint density at radius 1 is 1.10 bits per heavy atom. The lowest BCUT2D eigenvalue weighted by Crippen LogP contribution is -2.50. The quantitative estimate of drug-likeness (QED) is 0.924. The predicted octanol–water partition coefficient (Wildman–Crippen LogP) is 2.39. The summed E-state index contributed by atoms with van der Waals surface area (Å²) >= 11 is 0. The van der Waals surface area contributed by atoms with Crippen molar-refractivity contribution in [3.63, 3.8) is 0 Å². The predicted molar refractivity (Wildman–Crippen MR) is 85.2 cm³/mol. The highest BCUT2D eigenvalue weighted by molar-refractivity contribution is 5.54. The summed E-state index contributed by atoms with van der Waals surface area (Å²) in [4.78, 5) is 5.05. The molecule has 1 aliphatic heterocycles. The number of nitrogens with zero attached hydrogens (tertiary/aromatic N) is 2. The van der Waals surface area contributed by atoms with Crippen molar-refractivity contribution in [3.8, 4) is 0 Å². The van der Waals surface area contributed by atoms with Crippen LogP contribution in [0.2, 0.25) is 0 Å². The van der Waals surface area contributed by atoms with Gasteiger partial charge in [0.05, 0.1) is 0 Å². The molecule has 0 spiro atoms. The Hall–Kier alpha value is -1.13. The van der Waals surface area contributed by atoms with Gasteiger partial charge in [-0.2, -0.15) is 0 Å². The fourth-order valence-corrected chi connectivity index (χ4v) is 3.82. The first-order valence-electron chi connectivity index (χ1n) is 8.25. The summed E-state index contributed by atoms with van der Waals surface area (Å²) in [5.74, 6) is -0.160. The van der Waals surface area contributed by atoms with Gasteiger partial charge in [-0.1, -0.05) is 12.8 Å². The van der Waals surface area contributed by atoms with Crippen molar-refractivity contribution >= 4 is 5.69 Å². The van der Waals surface area contributed by atoms with E-state index in [1.807, 2.05) is 6.07 Å². The molecule has 0 amide bonds. The molecule has 1 aromatic rings. The smallest absolute Gasteiger partial charge is 0.123 e. The largest absolute Gasteiger partial charge is 0.369 e. The van der Waals surface area contributed by atoms with Crippen LogP contribution in [0.25, 0.3) is 0 Å². The van der Waals surface area contributed by atoms with E-state index in [0.717, 1.165) is 44.2 Å². The van der Waals surface area contributed by atoms with Gasteiger partial charge in [-0.3, -0.25) is 4.90 Å². The molecule has 116 valence electrons. The number of anilines is 1.